The van der Waals surface area contributed by atoms with Gasteiger partial charge in [-0.3, -0.25) is 9.59 Å². The van der Waals surface area contributed by atoms with Crippen molar-refractivity contribution in [3.05, 3.63) is 65.7 Å². The second-order valence-corrected chi connectivity index (χ2v) is 10.7. The van der Waals surface area contributed by atoms with Crippen molar-refractivity contribution < 1.29 is 18.0 Å². The first-order chi connectivity index (χ1) is 16.1. The minimum Gasteiger partial charge on any atom is -0.352 e. The number of carbonyl (C=O) groups is 2. The van der Waals surface area contributed by atoms with E-state index in [2.05, 4.69) is 5.32 Å². The van der Waals surface area contributed by atoms with Crippen molar-refractivity contribution in [2.75, 3.05) is 13.6 Å². The van der Waals surface area contributed by atoms with E-state index in [9.17, 15) is 18.0 Å². The lowest BCUT2D eigenvalue weighted by Crippen LogP contribution is -2.49. The summed E-state index contributed by atoms with van der Waals surface area (Å²) in [6.45, 7) is 8.16. The van der Waals surface area contributed by atoms with Crippen LogP contribution in [0.25, 0.3) is 0 Å². The topological polar surface area (TPSA) is 86.8 Å². The highest BCUT2D eigenvalue weighted by Gasteiger charge is 2.27. The molecule has 34 heavy (non-hydrogen) atoms. The summed E-state index contributed by atoms with van der Waals surface area (Å²) in [4.78, 5) is 27.9. The molecule has 0 fully saturated rings. The van der Waals surface area contributed by atoms with Crippen molar-refractivity contribution in [1.29, 1.82) is 0 Å². The molecular formula is C26H37N3O4S. The number of sulfonamides is 1. The second kappa shape index (κ2) is 12.7. The first-order valence-electron chi connectivity index (χ1n) is 11.7. The number of nitrogens with zero attached hydrogens (tertiary/aromatic N) is 2. The van der Waals surface area contributed by atoms with Gasteiger partial charge >= 0.3 is 0 Å². The zero-order valence-electron chi connectivity index (χ0n) is 20.8. The van der Waals surface area contributed by atoms with Crippen LogP contribution < -0.4 is 5.32 Å². The molecule has 2 atom stereocenters. The van der Waals surface area contributed by atoms with Crippen molar-refractivity contribution in [3.8, 4) is 0 Å². The van der Waals surface area contributed by atoms with Crippen LogP contribution in [-0.2, 0) is 26.2 Å². The fraction of sp³-hybridized carbons (Fsp3) is 0.462. The third-order valence-corrected chi connectivity index (χ3v) is 7.96. The van der Waals surface area contributed by atoms with Gasteiger partial charge in [-0.15, -0.1) is 0 Å². The van der Waals surface area contributed by atoms with E-state index in [4.69, 9.17) is 0 Å². The van der Waals surface area contributed by atoms with Crippen LogP contribution in [0.15, 0.2) is 59.5 Å². The highest BCUT2D eigenvalue weighted by Crippen LogP contribution is 2.17. The number of aryl methyl sites for hydroxylation is 1. The number of amides is 2. The standard InChI is InChI=1S/C26H37N3O4S/c1-6-21(3)27-26(31)22(4)29(19-23-14-11-10-13-20(23)2)25(30)17-12-18-28(5)34(32,33)24-15-8-7-9-16-24/h7-11,13-16,21-22H,6,12,17-19H2,1-5H3,(H,27,31)/t21-,22+/m1/s1. The fourth-order valence-corrected chi connectivity index (χ4v) is 4.74. The molecule has 0 heterocycles. The van der Waals surface area contributed by atoms with E-state index >= 15 is 0 Å². The van der Waals surface area contributed by atoms with Crippen molar-refractivity contribution in [2.45, 2.75) is 70.5 Å². The van der Waals surface area contributed by atoms with Gasteiger partial charge in [0.25, 0.3) is 0 Å². The average molecular weight is 488 g/mol. The fourth-order valence-electron chi connectivity index (χ4n) is 3.51. The first kappa shape index (κ1) is 27.5. The van der Waals surface area contributed by atoms with Crippen LogP contribution >= 0.6 is 0 Å². The summed E-state index contributed by atoms with van der Waals surface area (Å²) in [5.41, 5.74) is 2.02. The SMILES string of the molecule is CC[C@@H](C)NC(=O)[C@H](C)N(Cc1ccccc1C)C(=O)CCCN(C)S(=O)(=O)c1ccccc1. The highest BCUT2D eigenvalue weighted by molar-refractivity contribution is 7.89. The largest absolute Gasteiger partial charge is 0.352 e. The Hall–Kier alpha value is -2.71. The highest BCUT2D eigenvalue weighted by atomic mass is 32.2. The third kappa shape index (κ3) is 7.40. The molecule has 0 aliphatic heterocycles. The number of hydrogen-bond acceptors (Lipinski definition) is 4. The lowest BCUT2D eigenvalue weighted by Gasteiger charge is -2.30. The molecule has 0 saturated carbocycles. The normalized spacial score (nSPS) is 13.4. The molecule has 186 valence electrons. The zero-order valence-corrected chi connectivity index (χ0v) is 21.6. The van der Waals surface area contributed by atoms with E-state index in [0.29, 0.717) is 13.0 Å². The molecule has 8 heteroatoms. The number of rotatable bonds is 12. The molecule has 2 rings (SSSR count). The predicted octanol–water partition coefficient (Wildman–Crippen LogP) is 3.73. The Labute approximate surface area is 204 Å². The smallest absolute Gasteiger partial charge is 0.242 e. The van der Waals surface area contributed by atoms with Gasteiger partial charge in [-0.1, -0.05) is 49.4 Å². The van der Waals surface area contributed by atoms with Gasteiger partial charge in [0.15, 0.2) is 0 Å². The molecule has 7 nitrogen and oxygen atoms in total. The molecule has 0 aromatic heterocycles. The summed E-state index contributed by atoms with van der Waals surface area (Å²) >= 11 is 0. The van der Waals surface area contributed by atoms with Crippen LogP contribution in [0.3, 0.4) is 0 Å². The third-order valence-electron chi connectivity index (χ3n) is 6.09. The Morgan fingerprint density at radius 1 is 1.00 bits per heavy atom. The van der Waals surface area contributed by atoms with Crippen molar-refractivity contribution in [2.24, 2.45) is 0 Å². The molecule has 2 aromatic carbocycles. The summed E-state index contributed by atoms with van der Waals surface area (Å²) in [7, 11) is -2.10. The number of carbonyl (C=O) groups excluding carboxylic acids is 2. The number of benzene rings is 2. The maximum absolute atomic E-state index is 13.2. The van der Waals surface area contributed by atoms with Gasteiger partial charge in [0.05, 0.1) is 4.90 Å². The van der Waals surface area contributed by atoms with Gasteiger partial charge in [-0.05, 0) is 56.9 Å². The molecular weight excluding hydrogens is 450 g/mol. The number of nitrogens with one attached hydrogen (secondary N) is 1. The van der Waals surface area contributed by atoms with E-state index in [-0.39, 0.29) is 35.7 Å². The second-order valence-electron chi connectivity index (χ2n) is 8.69. The molecule has 0 spiro atoms. The van der Waals surface area contributed by atoms with E-state index in [1.165, 1.54) is 11.4 Å². The number of hydrogen-bond donors (Lipinski definition) is 1. The van der Waals surface area contributed by atoms with Crippen molar-refractivity contribution in [1.82, 2.24) is 14.5 Å². The van der Waals surface area contributed by atoms with Crippen molar-refractivity contribution in [3.63, 3.8) is 0 Å². The Morgan fingerprint density at radius 2 is 1.62 bits per heavy atom. The van der Waals surface area contributed by atoms with Gasteiger partial charge in [-0.2, -0.15) is 0 Å². The first-order valence-corrected chi connectivity index (χ1v) is 13.2. The van der Waals surface area contributed by atoms with Gasteiger partial charge in [-0.25, -0.2) is 12.7 Å². The zero-order chi connectivity index (χ0) is 25.3. The Kier molecular flexibility index (Phi) is 10.3. The molecule has 0 unspecified atom stereocenters. The van der Waals surface area contributed by atoms with Gasteiger partial charge in [0, 0.05) is 32.6 Å². The summed E-state index contributed by atoms with van der Waals surface area (Å²) in [6.07, 6.45) is 1.29. The monoisotopic (exact) mass is 487 g/mol. The van der Waals surface area contributed by atoms with Crippen LogP contribution in [0.1, 0.15) is 51.2 Å². The Bertz CT molecular complexity index is 1060. The Morgan fingerprint density at radius 3 is 2.24 bits per heavy atom. The summed E-state index contributed by atoms with van der Waals surface area (Å²) < 4.78 is 26.7. The van der Waals surface area contributed by atoms with Gasteiger partial charge in [0.1, 0.15) is 6.04 Å². The molecule has 0 aliphatic carbocycles. The minimum atomic E-state index is -3.61. The molecule has 1 N–H and O–H groups in total. The molecule has 0 radical (unpaired) electrons. The van der Waals surface area contributed by atoms with Crippen LogP contribution in [-0.4, -0.2) is 55.1 Å². The molecule has 0 saturated heterocycles. The molecule has 0 aliphatic rings. The average Bonchev–Trinajstić information content (AvgIpc) is 2.83. The summed E-state index contributed by atoms with van der Waals surface area (Å²) in [6, 6.07) is 15.4. The van der Waals surface area contributed by atoms with E-state index in [1.807, 2.05) is 45.0 Å². The summed E-state index contributed by atoms with van der Waals surface area (Å²) in [5.74, 6) is -0.374. The Balaban J connectivity index is 2.10. The predicted molar refractivity (Wildman–Crippen MR) is 135 cm³/mol. The maximum atomic E-state index is 13.2. The minimum absolute atomic E-state index is 0.0159. The van der Waals surface area contributed by atoms with Crippen LogP contribution in [0.2, 0.25) is 0 Å². The molecule has 2 aromatic rings. The van der Waals surface area contributed by atoms with Crippen LogP contribution in [0.5, 0.6) is 0 Å². The van der Waals surface area contributed by atoms with E-state index in [0.717, 1.165) is 17.5 Å². The molecule has 2 amide bonds. The molecule has 0 bridgehead atoms. The van der Waals surface area contributed by atoms with Crippen LogP contribution in [0, 0.1) is 6.92 Å². The quantitative estimate of drug-likeness (QED) is 0.494. The van der Waals surface area contributed by atoms with Crippen LogP contribution in [0.4, 0.5) is 0 Å². The maximum Gasteiger partial charge on any atom is 0.242 e. The van der Waals surface area contributed by atoms with Crippen molar-refractivity contribution >= 4 is 21.8 Å². The van der Waals surface area contributed by atoms with Gasteiger partial charge in [0.2, 0.25) is 21.8 Å². The van der Waals surface area contributed by atoms with E-state index < -0.39 is 16.1 Å². The lowest BCUT2D eigenvalue weighted by molar-refractivity contribution is -0.141. The summed E-state index contributed by atoms with van der Waals surface area (Å²) in [5, 5.41) is 2.96. The van der Waals surface area contributed by atoms with E-state index in [1.54, 1.807) is 42.2 Å². The lowest BCUT2D eigenvalue weighted by atomic mass is 10.1. The van der Waals surface area contributed by atoms with Gasteiger partial charge < -0.3 is 10.2 Å².